The van der Waals surface area contributed by atoms with Crippen molar-refractivity contribution in [2.75, 3.05) is 24.5 Å². The molecule has 0 unspecified atom stereocenters. The van der Waals surface area contributed by atoms with Gasteiger partial charge >= 0.3 is 0 Å². The fourth-order valence-corrected chi connectivity index (χ4v) is 2.82. The van der Waals surface area contributed by atoms with E-state index in [1.807, 2.05) is 24.7 Å². The molecule has 2 aromatic rings. The van der Waals surface area contributed by atoms with Crippen LogP contribution in [0, 0.1) is 0 Å². The average Bonchev–Trinajstić information content (AvgIpc) is 2.57. The minimum absolute atomic E-state index is 0.631. The van der Waals surface area contributed by atoms with E-state index in [-0.39, 0.29) is 0 Å². The average molecular weight is 282 g/mol. The number of piperidine rings is 1. The van der Waals surface area contributed by atoms with Crippen LogP contribution in [-0.4, -0.2) is 35.6 Å². The smallest absolute Gasteiger partial charge is 0.128 e. The van der Waals surface area contributed by atoms with Crippen LogP contribution in [0.1, 0.15) is 18.4 Å². The number of nitrogens with one attached hydrogen (secondary N) is 1. The molecule has 110 valence electrons. The first-order valence-corrected chi connectivity index (χ1v) is 7.70. The normalized spacial score (nSPS) is 16.1. The van der Waals surface area contributed by atoms with Crippen LogP contribution < -0.4 is 10.2 Å². The maximum Gasteiger partial charge on any atom is 0.128 e. The maximum atomic E-state index is 4.43. The van der Waals surface area contributed by atoms with Gasteiger partial charge in [0.2, 0.25) is 0 Å². The van der Waals surface area contributed by atoms with Gasteiger partial charge in [-0.2, -0.15) is 0 Å². The van der Waals surface area contributed by atoms with Crippen molar-refractivity contribution in [1.82, 2.24) is 15.3 Å². The number of hydrogen-bond donors (Lipinski definition) is 1. The third kappa shape index (κ3) is 4.02. The summed E-state index contributed by atoms with van der Waals surface area (Å²) in [5, 5.41) is 3.67. The number of aromatic nitrogens is 2. The molecule has 3 rings (SSSR count). The second-order valence-corrected chi connectivity index (χ2v) is 5.51. The lowest BCUT2D eigenvalue weighted by molar-refractivity contribution is 0.416. The first kappa shape index (κ1) is 14.0. The molecular weight excluding hydrogens is 260 g/mol. The molecule has 1 N–H and O–H groups in total. The molecule has 0 bridgehead atoms. The molecule has 0 amide bonds. The molecule has 0 atom stereocenters. The van der Waals surface area contributed by atoms with Crippen LogP contribution in [0.2, 0.25) is 0 Å². The van der Waals surface area contributed by atoms with E-state index in [9.17, 15) is 0 Å². The molecule has 4 nitrogen and oxygen atoms in total. The van der Waals surface area contributed by atoms with Gasteiger partial charge in [-0.05, 0) is 55.6 Å². The SMILES string of the molecule is c1ccc(N2CCC(NCCc3ccncc3)CC2)nc1. The zero-order valence-corrected chi connectivity index (χ0v) is 12.3. The largest absolute Gasteiger partial charge is 0.357 e. The Morgan fingerprint density at radius 3 is 2.57 bits per heavy atom. The second-order valence-electron chi connectivity index (χ2n) is 5.51. The molecule has 0 saturated carbocycles. The van der Waals surface area contributed by atoms with Crippen molar-refractivity contribution in [3.63, 3.8) is 0 Å². The Morgan fingerprint density at radius 2 is 1.86 bits per heavy atom. The van der Waals surface area contributed by atoms with Gasteiger partial charge in [0.1, 0.15) is 5.82 Å². The van der Waals surface area contributed by atoms with Crippen molar-refractivity contribution >= 4 is 5.82 Å². The highest BCUT2D eigenvalue weighted by atomic mass is 15.2. The monoisotopic (exact) mass is 282 g/mol. The summed E-state index contributed by atoms with van der Waals surface area (Å²) in [6.07, 6.45) is 9.04. The van der Waals surface area contributed by atoms with Crippen LogP contribution in [0.4, 0.5) is 5.82 Å². The standard InChI is InChI=1S/C17H22N4/c1-2-9-20-17(3-1)21-13-7-16(8-14-21)19-12-6-15-4-10-18-11-5-15/h1-5,9-11,16,19H,6-8,12-14H2. The summed E-state index contributed by atoms with van der Waals surface area (Å²) in [6, 6.07) is 10.9. The van der Waals surface area contributed by atoms with Gasteiger partial charge in [-0.25, -0.2) is 4.98 Å². The Morgan fingerprint density at radius 1 is 1.05 bits per heavy atom. The first-order chi connectivity index (χ1) is 10.4. The summed E-state index contributed by atoms with van der Waals surface area (Å²) in [4.78, 5) is 10.9. The van der Waals surface area contributed by atoms with Gasteiger partial charge in [-0.15, -0.1) is 0 Å². The molecule has 21 heavy (non-hydrogen) atoms. The highest BCUT2D eigenvalue weighted by molar-refractivity contribution is 5.38. The van der Waals surface area contributed by atoms with E-state index >= 15 is 0 Å². The summed E-state index contributed by atoms with van der Waals surface area (Å²) >= 11 is 0. The van der Waals surface area contributed by atoms with E-state index in [0.29, 0.717) is 6.04 Å². The van der Waals surface area contributed by atoms with E-state index in [1.165, 1.54) is 18.4 Å². The van der Waals surface area contributed by atoms with Gasteiger partial charge < -0.3 is 10.2 Å². The third-order valence-corrected chi connectivity index (χ3v) is 4.06. The molecule has 0 aliphatic carbocycles. The highest BCUT2D eigenvalue weighted by Gasteiger charge is 2.19. The molecule has 2 aromatic heterocycles. The minimum atomic E-state index is 0.631. The van der Waals surface area contributed by atoms with E-state index in [2.05, 4.69) is 44.5 Å². The van der Waals surface area contributed by atoms with Crippen molar-refractivity contribution < 1.29 is 0 Å². The van der Waals surface area contributed by atoms with Gasteiger partial charge in [0, 0.05) is 37.7 Å². The lowest BCUT2D eigenvalue weighted by Crippen LogP contribution is -2.43. The van der Waals surface area contributed by atoms with E-state index in [4.69, 9.17) is 0 Å². The lowest BCUT2D eigenvalue weighted by Gasteiger charge is -2.33. The summed E-state index contributed by atoms with van der Waals surface area (Å²) in [6.45, 7) is 3.21. The first-order valence-electron chi connectivity index (χ1n) is 7.70. The van der Waals surface area contributed by atoms with Crippen LogP contribution in [0.3, 0.4) is 0 Å². The molecule has 1 aliphatic rings. The van der Waals surface area contributed by atoms with Gasteiger partial charge in [0.15, 0.2) is 0 Å². The topological polar surface area (TPSA) is 41.0 Å². The van der Waals surface area contributed by atoms with Crippen LogP contribution in [0.15, 0.2) is 48.9 Å². The number of hydrogen-bond acceptors (Lipinski definition) is 4. The Bertz CT molecular complexity index is 518. The fourth-order valence-electron chi connectivity index (χ4n) is 2.82. The molecular formula is C17H22N4. The molecule has 3 heterocycles. The molecule has 4 heteroatoms. The summed E-state index contributed by atoms with van der Waals surface area (Å²) in [7, 11) is 0. The molecule has 1 saturated heterocycles. The summed E-state index contributed by atoms with van der Waals surface area (Å²) in [5.74, 6) is 1.10. The zero-order chi connectivity index (χ0) is 14.3. The van der Waals surface area contributed by atoms with Crippen LogP contribution in [-0.2, 0) is 6.42 Å². The predicted molar refractivity (Wildman–Crippen MR) is 85.4 cm³/mol. The molecule has 0 radical (unpaired) electrons. The zero-order valence-electron chi connectivity index (χ0n) is 12.3. The van der Waals surface area contributed by atoms with Crippen molar-refractivity contribution in [2.24, 2.45) is 0 Å². The third-order valence-electron chi connectivity index (χ3n) is 4.06. The van der Waals surface area contributed by atoms with Gasteiger partial charge in [-0.3, -0.25) is 4.98 Å². The highest BCUT2D eigenvalue weighted by Crippen LogP contribution is 2.17. The fraction of sp³-hybridized carbons (Fsp3) is 0.412. The predicted octanol–water partition coefficient (Wildman–Crippen LogP) is 2.28. The Kier molecular flexibility index (Phi) is 4.79. The number of anilines is 1. The van der Waals surface area contributed by atoms with E-state index < -0.39 is 0 Å². The van der Waals surface area contributed by atoms with Crippen LogP contribution >= 0.6 is 0 Å². The Labute approximate surface area is 126 Å². The Balaban J connectivity index is 1.40. The van der Waals surface area contributed by atoms with Crippen molar-refractivity contribution in [2.45, 2.75) is 25.3 Å². The van der Waals surface area contributed by atoms with Crippen LogP contribution in [0.25, 0.3) is 0 Å². The molecule has 0 spiro atoms. The lowest BCUT2D eigenvalue weighted by atomic mass is 10.0. The van der Waals surface area contributed by atoms with Gasteiger partial charge in [0.05, 0.1) is 0 Å². The molecule has 0 aromatic carbocycles. The second kappa shape index (κ2) is 7.18. The van der Waals surface area contributed by atoms with Crippen molar-refractivity contribution in [3.8, 4) is 0 Å². The number of pyridine rings is 2. The minimum Gasteiger partial charge on any atom is -0.357 e. The molecule has 1 fully saturated rings. The number of rotatable bonds is 5. The van der Waals surface area contributed by atoms with Crippen molar-refractivity contribution in [1.29, 1.82) is 0 Å². The van der Waals surface area contributed by atoms with Gasteiger partial charge in [-0.1, -0.05) is 6.07 Å². The van der Waals surface area contributed by atoms with E-state index in [1.54, 1.807) is 0 Å². The quantitative estimate of drug-likeness (QED) is 0.913. The summed E-state index contributed by atoms with van der Waals surface area (Å²) in [5.41, 5.74) is 1.35. The maximum absolute atomic E-state index is 4.43. The van der Waals surface area contributed by atoms with Crippen molar-refractivity contribution in [3.05, 3.63) is 54.5 Å². The summed E-state index contributed by atoms with van der Waals surface area (Å²) < 4.78 is 0. The van der Waals surface area contributed by atoms with Gasteiger partial charge in [0.25, 0.3) is 0 Å². The number of nitrogens with zero attached hydrogens (tertiary/aromatic N) is 3. The Hall–Kier alpha value is -1.94. The van der Waals surface area contributed by atoms with Crippen LogP contribution in [0.5, 0.6) is 0 Å². The van der Waals surface area contributed by atoms with E-state index in [0.717, 1.165) is 31.9 Å². The molecule has 1 aliphatic heterocycles.